The van der Waals surface area contributed by atoms with Crippen molar-refractivity contribution in [2.45, 2.75) is 6.10 Å². The van der Waals surface area contributed by atoms with Crippen molar-refractivity contribution in [3.05, 3.63) is 19.6 Å². The molecule has 0 bridgehead atoms. The molecule has 1 nitrogen and oxygen atoms in total. The summed E-state index contributed by atoms with van der Waals surface area (Å²) < 4.78 is 0. The normalized spacial score (nSPS) is 14.0. The molecule has 1 atom stereocenters. The molecule has 0 aliphatic carbocycles. The van der Waals surface area contributed by atoms with Gasteiger partial charge in [-0.2, -0.15) is 0 Å². The molecular weight excluding hydrogens is 64.0 g/mol. The van der Waals surface area contributed by atoms with E-state index in [-0.39, 0.29) is 0 Å². The van der Waals surface area contributed by atoms with Gasteiger partial charge in [0, 0.05) is 0 Å². The van der Waals surface area contributed by atoms with Gasteiger partial charge in [0.15, 0.2) is 0 Å². The summed E-state index contributed by atoms with van der Waals surface area (Å²) in [5.41, 5.74) is 0. The van der Waals surface area contributed by atoms with Gasteiger partial charge in [0.1, 0.15) is 6.10 Å². The van der Waals surface area contributed by atoms with Crippen LogP contribution in [-0.4, -0.2) is 6.10 Å². The zero-order chi connectivity index (χ0) is 4.28. The van der Waals surface area contributed by atoms with Gasteiger partial charge >= 0.3 is 0 Å². The highest BCUT2D eigenvalue weighted by atomic mass is 16.3. The molecule has 0 heterocycles. The summed E-state index contributed by atoms with van der Waals surface area (Å²) in [6.45, 7) is 6.27. The molecule has 0 N–H and O–H groups in total. The maximum atomic E-state index is 9.67. The van der Waals surface area contributed by atoms with Crippen LogP contribution in [0.3, 0.4) is 0 Å². The van der Waals surface area contributed by atoms with Crippen molar-refractivity contribution in [3.8, 4) is 0 Å². The molecule has 28 valence electrons. The first kappa shape index (κ1) is 4.70. The van der Waals surface area contributed by atoms with Crippen LogP contribution >= 0.6 is 0 Å². The summed E-state index contributed by atoms with van der Waals surface area (Å²) in [5.74, 6) is 0. The minimum absolute atomic E-state index is 0.852. The molecule has 5 heavy (non-hydrogen) atoms. The Morgan fingerprint density at radius 2 is 2.00 bits per heavy atom. The van der Waals surface area contributed by atoms with E-state index < -0.39 is 6.10 Å². The van der Waals surface area contributed by atoms with Gasteiger partial charge in [-0.3, -0.25) is 0 Å². The van der Waals surface area contributed by atoms with Crippen LogP contribution in [0.2, 0.25) is 0 Å². The van der Waals surface area contributed by atoms with Crippen LogP contribution in [0, 0.1) is 6.92 Å². The number of hydrogen-bond acceptors (Lipinski definition) is 0. The Labute approximate surface area is 31.9 Å². The lowest BCUT2D eigenvalue weighted by Gasteiger charge is -1.79. The number of hydrogen-bond donors (Lipinski definition) is 0. The number of rotatable bonds is 1. The first-order valence-electron chi connectivity index (χ1n) is 1.39. The molecule has 0 aromatic carbocycles. The first-order chi connectivity index (χ1) is 2.27. The van der Waals surface area contributed by atoms with Crippen molar-refractivity contribution in [1.82, 2.24) is 0 Å². The fraction of sp³-hybridized carbons (Fsp3) is 0.250. The van der Waals surface area contributed by atoms with Crippen molar-refractivity contribution in [2.24, 2.45) is 0 Å². The lowest BCUT2D eigenvalue weighted by molar-refractivity contribution is 0.168. The summed E-state index contributed by atoms with van der Waals surface area (Å²) in [6.07, 6.45) is 0.398. The fourth-order valence-corrected chi connectivity index (χ4v) is 0. The van der Waals surface area contributed by atoms with Gasteiger partial charge in [-0.15, -0.1) is 6.58 Å². The molecule has 0 rings (SSSR count). The van der Waals surface area contributed by atoms with Gasteiger partial charge in [0.2, 0.25) is 0 Å². The molecule has 0 saturated heterocycles. The second kappa shape index (κ2) is 1.97. The van der Waals surface area contributed by atoms with E-state index in [2.05, 4.69) is 13.5 Å². The Hall–Kier alpha value is -0.300. The summed E-state index contributed by atoms with van der Waals surface area (Å²) in [7, 11) is 0. The average Bonchev–Trinajstić information content (AvgIpc) is 1.38. The van der Waals surface area contributed by atoms with E-state index in [9.17, 15) is 5.11 Å². The minimum atomic E-state index is -0.852. The van der Waals surface area contributed by atoms with E-state index in [1.165, 1.54) is 6.08 Å². The monoisotopic (exact) mass is 70.0 g/mol. The van der Waals surface area contributed by atoms with E-state index >= 15 is 0 Å². The molecule has 0 fully saturated rings. The highest BCUT2D eigenvalue weighted by Crippen LogP contribution is 1.73. The topological polar surface area (TPSA) is 19.9 Å². The first-order valence-corrected chi connectivity index (χ1v) is 1.39. The van der Waals surface area contributed by atoms with Gasteiger partial charge < -0.3 is 0 Å². The average molecular weight is 70.1 g/mol. The molecule has 0 aromatic heterocycles. The third-order valence-electron chi connectivity index (χ3n) is 0.263. The summed E-state index contributed by atoms with van der Waals surface area (Å²) >= 11 is 0. The Morgan fingerprint density at radius 3 is 2.00 bits per heavy atom. The zero-order valence-electron chi connectivity index (χ0n) is 2.98. The van der Waals surface area contributed by atoms with Crippen molar-refractivity contribution in [3.63, 3.8) is 0 Å². The van der Waals surface area contributed by atoms with Crippen LogP contribution in [0.4, 0.5) is 0 Å². The van der Waals surface area contributed by atoms with Crippen LogP contribution in [0.15, 0.2) is 12.7 Å². The van der Waals surface area contributed by atoms with Crippen LogP contribution in [-0.2, 0) is 5.11 Å². The Kier molecular flexibility index (Phi) is 1.85. The Bertz CT molecular complexity index is 30.6. The predicted molar refractivity (Wildman–Crippen MR) is 20.0 cm³/mol. The highest BCUT2D eigenvalue weighted by molar-refractivity contribution is 4.78. The van der Waals surface area contributed by atoms with Crippen molar-refractivity contribution in [2.75, 3.05) is 0 Å². The van der Waals surface area contributed by atoms with E-state index in [0.29, 0.717) is 0 Å². The van der Waals surface area contributed by atoms with Crippen molar-refractivity contribution in [1.29, 1.82) is 0 Å². The van der Waals surface area contributed by atoms with Crippen molar-refractivity contribution >= 4 is 0 Å². The molecule has 1 unspecified atom stereocenters. The maximum Gasteiger partial charge on any atom is 0.111 e. The van der Waals surface area contributed by atoms with Gasteiger partial charge in [-0.1, -0.05) is 6.08 Å². The smallest absolute Gasteiger partial charge is 0.111 e. The van der Waals surface area contributed by atoms with E-state index in [1.807, 2.05) is 0 Å². The Morgan fingerprint density at radius 1 is 1.80 bits per heavy atom. The second-order valence-electron chi connectivity index (χ2n) is 0.774. The maximum absolute atomic E-state index is 9.67. The van der Waals surface area contributed by atoms with Gasteiger partial charge in [0.05, 0.1) is 0 Å². The zero-order valence-corrected chi connectivity index (χ0v) is 2.98. The molecule has 0 amide bonds. The SMILES string of the molecule is [CH2]C([O])C=C. The summed E-state index contributed by atoms with van der Waals surface area (Å²) in [4.78, 5) is 0. The molecular formula is C4H6O. The van der Waals surface area contributed by atoms with Crippen LogP contribution in [0.25, 0.3) is 0 Å². The summed E-state index contributed by atoms with van der Waals surface area (Å²) in [5, 5.41) is 9.67. The van der Waals surface area contributed by atoms with E-state index in [0.717, 1.165) is 0 Å². The van der Waals surface area contributed by atoms with Gasteiger partial charge in [-0.05, 0) is 6.92 Å². The largest absolute Gasteiger partial charge is 0.229 e. The van der Waals surface area contributed by atoms with Crippen LogP contribution in [0.5, 0.6) is 0 Å². The quantitative estimate of drug-likeness (QED) is 0.407. The van der Waals surface area contributed by atoms with Crippen LogP contribution < -0.4 is 0 Å². The molecule has 0 aliphatic rings. The van der Waals surface area contributed by atoms with E-state index in [4.69, 9.17) is 0 Å². The molecule has 0 aliphatic heterocycles. The molecule has 0 saturated carbocycles. The van der Waals surface area contributed by atoms with Crippen molar-refractivity contribution < 1.29 is 5.11 Å². The molecule has 1 heteroatoms. The standard InChI is InChI=1S/C4H6O/c1-3-4(2)5/h3-4H,1-2H2. The highest BCUT2D eigenvalue weighted by Gasteiger charge is 1.79. The molecule has 2 radical (unpaired) electrons. The minimum Gasteiger partial charge on any atom is -0.229 e. The molecule has 0 spiro atoms. The van der Waals surface area contributed by atoms with E-state index in [1.54, 1.807) is 0 Å². The fourth-order valence-electron chi connectivity index (χ4n) is 0. The predicted octanol–water partition coefficient (Wildman–Crippen LogP) is 0.806. The lowest BCUT2D eigenvalue weighted by atomic mass is 10.4. The second-order valence-corrected chi connectivity index (χ2v) is 0.774. The third kappa shape index (κ3) is 3.70. The Balaban J connectivity index is 2.83. The summed E-state index contributed by atoms with van der Waals surface area (Å²) in [6, 6.07) is 0. The molecule has 0 aromatic rings. The van der Waals surface area contributed by atoms with Gasteiger partial charge in [-0.25, -0.2) is 5.11 Å². The van der Waals surface area contributed by atoms with Gasteiger partial charge in [0.25, 0.3) is 0 Å². The third-order valence-corrected chi connectivity index (χ3v) is 0.263. The lowest BCUT2D eigenvalue weighted by Crippen LogP contribution is -1.86. The van der Waals surface area contributed by atoms with Crippen LogP contribution in [0.1, 0.15) is 0 Å².